The van der Waals surface area contributed by atoms with Crippen LogP contribution in [0.15, 0.2) is 24.3 Å². The first-order valence-corrected chi connectivity index (χ1v) is 21.9. The lowest BCUT2D eigenvalue weighted by Gasteiger charge is -2.20. The number of esters is 2. The van der Waals surface area contributed by atoms with Crippen LogP contribution in [-0.2, 0) is 37.5 Å². The van der Waals surface area contributed by atoms with Crippen LogP contribution < -0.4 is 5.73 Å². The Balaban J connectivity index is 4.43. The summed E-state index contributed by atoms with van der Waals surface area (Å²) in [5.74, 6) is -2.40. The highest BCUT2D eigenvalue weighted by molar-refractivity contribution is 7.47. The number of hydrogen-bond acceptors (Lipinski definition) is 9. The summed E-state index contributed by atoms with van der Waals surface area (Å²) in [5.41, 5.74) is 5.32. The number of phosphoric ester groups is 1. The summed E-state index contributed by atoms with van der Waals surface area (Å²) in [4.78, 5) is 45.8. The van der Waals surface area contributed by atoms with Crippen molar-refractivity contribution in [1.29, 1.82) is 0 Å². The van der Waals surface area contributed by atoms with Crippen LogP contribution >= 0.6 is 7.82 Å². The summed E-state index contributed by atoms with van der Waals surface area (Å²) in [6.45, 7) is 2.76. The second kappa shape index (κ2) is 36.0. The van der Waals surface area contributed by atoms with Crippen molar-refractivity contribution in [1.82, 2.24) is 0 Å². The third kappa shape index (κ3) is 35.0. The molecule has 12 heteroatoms. The van der Waals surface area contributed by atoms with Gasteiger partial charge in [0.2, 0.25) is 0 Å². The van der Waals surface area contributed by atoms with Crippen molar-refractivity contribution in [3.63, 3.8) is 0 Å². The first kappa shape index (κ1) is 50.0. The van der Waals surface area contributed by atoms with E-state index in [0.29, 0.717) is 12.8 Å². The molecule has 0 bridgehead atoms. The maximum atomic E-state index is 12.6. The van der Waals surface area contributed by atoms with E-state index in [2.05, 4.69) is 42.7 Å². The zero-order valence-corrected chi connectivity index (χ0v) is 33.5. The number of phosphoric acid groups is 1. The predicted octanol–water partition coefficient (Wildman–Crippen LogP) is 10.3. The summed E-state index contributed by atoms with van der Waals surface area (Å²) >= 11 is 0. The number of carbonyl (C=O) groups is 3. The number of rotatable bonds is 38. The Kier molecular flexibility index (Phi) is 34.6. The molecule has 0 aliphatic carbocycles. The monoisotopic (exact) mass is 760 g/mol. The molecule has 0 amide bonds. The number of ether oxygens (including phenoxy) is 2. The molecule has 0 aromatic rings. The third-order valence-corrected chi connectivity index (χ3v) is 9.62. The number of carbonyl (C=O) groups excluding carboxylic acids is 2. The maximum Gasteiger partial charge on any atom is 0.472 e. The van der Waals surface area contributed by atoms with Crippen molar-refractivity contribution >= 4 is 25.7 Å². The van der Waals surface area contributed by atoms with Crippen LogP contribution in [0, 0.1) is 0 Å². The number of allylic oxidation sites excluding steroid dienone is 4. The topological polar surface area (TPSA) is 172 Å². The highest BCUT2D eigenvalue weighted by Crippen LogP contribution is 2.43. The van der Waals surface area contributed by atoms with E-state index < -0.39 is 51.1 Å². The third-order valence-electron chi connectivity index (χ3n) is 8.67. The predicted molar refractivity (Wildman–Crippen MR) is 208 cm³/mol. The number of unbranched alkanes of at least 4 members (excludes halogenated alkanes) is 20. The van der Waals surface area contributed by atoms with Gasteiger partial charge in [0.15, 0.2) is 6.10 Å². The normalized spacial score (nSPS) is 14.1. The maximum absolute atomic E-state index is 12.6. The zero-order valence-electron chi connectivity index (χ0n) is 32.7. The van der Waals surface area contributed by atoms with E-state index in [4.69, 9.17) is 24.8 Å². The fraction of sp³-hybridized carbons (Fsp3) is 0.825. The summed E-state index contributed by atoms with van der Waals surface area (Å²) < 4.78 is 32.6. The van der Waals surface area contributed by atoms with E-state index in [0.717, 1.165) is 77.0 Å². The number of carboxylic acids is 1. The molecule has 0 aromatic heterocycles. The molecular formula is C40H74NO10P. The Morgan fingerprint density at radius 1 is 0.577 bits per heavy atom. The van der Waals surface area contributed by atoms with Gasteiger partial charge in [-0.3, -0.25) is 23.4 Å². The zero-order chi connectivity index (χ0) is 38.5. The molecule has 0 rings (SSSR count). The van der Waals surface area contributed by atoms with Gasteiger partial charge in [-0.1, -0.05) is 128 Å². The lowest BCUT2D eigenvalue weighted by atomic mass is 10.1. The number of aliphatic carboxylic acids is 1. The molecule has 0 radical (unpaired) electrons. The van der Waals surface area contributed by atoms with Gasteiger partial charge in [-0.05, 0) is 64.2 Å². The Morgan fingerprint density at radius 2 is 0.962 bits per heavy atom. The molecule has 0 saturated heterocycles. The Bertz CT molecular complexity index is 989. The van der Waals surface area contributed by atoms with Gasteiger partial charge in [0.25, 0.3) is 0 Å². The van der Waals surface area contributed by atoms with Gasteiger partial charge in [-0.15, -0.1) is 0 Å². The van der Waals surface area contributed by atoms with Gasteiger partial charge < -0.3 is 25.2 Å². The summed E-state index contributed by atoms with van der Waals surface area (Å²) in [7, 11) is -4.71. The van der Waals surface area contributed by atoms with Crippen LogP contribution in [0.4, 0.5) is 0 Å². The second-order valence-corrected chi connectivity index (χ2v) is 15.2. The molecule has 0 heterocycles. The molecule has 52 heavy (non-hydrogen) atoms. The molecular weight excluding hydrogens is 685 g/mol. The minimum Gasteiger partial charge on any atom is -0.480 e. The molecule has 4 N–H and O–H groups in total. The van der Waals surface area contributed by atoms with E-state index in [9.17, 15) is 23.8 Å². The molecule has 0 fully saturated rings. The number of hydrogen-bond donors (Lipinski definition) is 3. The van der Waals surface area contributed by atoms with Gasteiger partial charge in [0.1, 0.15) is 12.6 Å². The van der Waals surface area contributed by atoms with Crippen LogP contribution in [0.1, 0.15) is 181 Å². The summed E-state index contributed by atoms with van der Waals surface area (Å²) in [5, 5.41) is 8.87. The van der Waals surface area contributed by atoms with Crippen molar-refractivity contribution in [3.05, 3.63) is 24.3 Å². The SMILES string of the molecule is CCCCCCC/C=C\CCCCCCCC(=O)OC[C@H](COP(=O)(O)OC[C@H](N)C(=O)O)OC(=O)CCCCCCC/C=C\CCCCCCC. The van der Waals surface area contributed by atoms with Crippen LogP contribution in [0.3, 0.4) is 0 Å². The first-order chi connectivity index (χ1) is 25.1. The van der Waals surface area contributed by atoms with Crippen molar-refractivity contribution in [2.75, 3.05) is 19.8 Å². The molecule has 11 nitrogen and oxygen atoms in total. The molecule has 0 aliphatic rings. The summed E-state index contributed by atoms with van der Waals surface area (Å²) in [6.07, 6.45) is 35.3. The second-order valence-electron chi connectivity index (χ2n) is 13.8. The lowest BCUT2D eigenvalue weighted by molar-refractivity contribution is -0.161. The number of nitrogens with two attached hydrogens (primary N) is 1. The molecule has 1 unspecified atom stereocenters. The highest BCUT2D eigenvalue weighted by Gasteiger charge is 2.28. The minimum absolute atomic E-state index is 0.151. The molecule has 0 saturated carbocycles. The van der Waals surface area contributed by atoms with Crippen LogP contribution in [0.25, 0.3) is 0 Å². The van der Waals surface area contributed by atoms with Gasteiger partial charge >= 0.3 is 25.7 Å². The minimum atomic E-state index is -4.71. The molecule has 304 valence electrons. The van der Waals surface area contributed by atoms with Crippen LogP contribution in [0.2, 0.25) is 0 Å². The molecule has 0 spiro atoms. The van der Waals surface area contributed by atoms with Gasteiger partial charge in [-0.2, -0.15) is 0 Å². The smallest absolute Gasteiger partial charge is 0.472 e. The quantitative estimate of drug-likeness (QED) is 0.0237. The van der Waals surface area contributed by atoms with Crippen molar-refractivity contribution in [2.45, 2.75) is 193 Å². The standard InChI is InChI=1S/C40H74NO10P/c1-3-5-7-9-11-13-15-17-19-21-23-25-27-29-31-38(42)48-33-36(34-49-52(46,47)50-35-37(41)40(44)45)51-39(43)32-30-28-26-24-22-20-18-16-14-12-10-8-6-4-2/h15-18,36-37H,3-14,19-35,41H2,1-2H3,(H,44,45)(H,46,47)/b17-15-,18-16-/t36-,37+/m1/s1. The van der Waals surface area contributed by atoms with Crippen molar-refractivity contribution < 1.29 is 47.5 Å². The van der Waals surface area contributed by atoms with Gasteiger partial charge in [-0.25, -0.2) is 4.57 Å². The van der Waals surface area contributed by atoms with Crippen LogP contribution in [0.5, 0.6) is 0 Å². The number of carboxylic acid groups (broad SMARTS) is 1. The Morgan fingerprint density at radius 3 is 1.40 bits per heavy atom. The van der Waals surface area contributed by atoms with Crippen molar-refractivity contribution in [3.8, 4) is 0 Å². The molecule has 3 atom stereocenters. The first-order valence-electron chi connectivity index (χ1n) is 20.4. The lowest BCUT2D eigenvalue weighted by Crippen LogP contribution is -2.34. The highest BCUT2D eigenvalue weighted by atomic mass is 31.2. The van der Waals surface area contributed by atoms with E-state index in [1.807, 2.05) is 0 Å². The summed E-state index contributed by atoms with van der Waals surface area (Å²) in [6, 6.07) is -1.52. The Labute approximate surface area is 315 Å². The van der Waals surface area contributed by atoms with Gasteiger partial charge in [0, 0.05) is 12.8 Å². The van der Waals surface area contributed by atoms with E-state index >= 15 is 0 Å². The van der Waals surface area contributed by atoms with E-state index in [1.54, 1.807) is 0 Å². The van der Waals surface area contributed by atoms with E-state index in [-0.39, 0.29) is 19.4 Å². The van der Waals surface area contributed by atoms with Gasteiger partial charge in [0.05, 0.1) is 13.2 Å². The fourth-order valence-corrected chi connectivity index (χ4v) is 6.18. The fourth-order valence-electron chi connectivity index (χ4n) is 5.41. The molecule has 0 aliphatic heterocycles. The average molecular weight is 760 g/mol. The van der Waals surface area contributed by atoms with E-state index in [1.165, 1.54) is 64.2 Å². The molecule has 0 aromatic carbocycles. The Hall–Kier alpha value is -2.04. The average Bonchev–Trinajstić information content (AvgIpc) is 3.12. The van der Waals surface area contributed by atoms with Crippen LogP contribution in [-0.4, -0.2) is 59.9 Å². The largest absolute Gasteiger partial charge is 0.480 e. The van der Waals surface area contributed by atoms with Crippen molar-refractivity contribution in [2.24, 2.45) is 5.73 Å².